The maximum absolute atomic E-state index is 5.85. The number of hydrogen-bond acceptors (Lipinski definition) is 4. The summed E-state index contributed by atoms with van der Waals surface area (Å²) in [4.78, 5) is 11.2. The van der Waals surface area contributed by atoms with Crippen LogP contribution in [-0.4, -0.2) is 23.1 Å². The number of para-hydroxylation sites is 2. The largest absolute Gasteiger partial charge is 0.423 e. The molecule has 0 spiro atoms. The zero-order valence-electron chi connectivity index (χ0n) is 11.8. The van der Waals surface area contributed by atoms with Crippen molar-refractivity contribution in [1.29, 1.82) is 0 Å². The third-order valence-electron chi connectivity index (χ3n) is 4.06. The third-order valence-corrected chi connectivity index (χ3v) is 4.06. The minimum atomic E-state index is 0.620. The molecular weight excluding hydrogens is 262 g/mol. The number of rotatable bonds is 3. The number of nitrogens with zero attached hydrogens (tertiary/aromatic N) is 3. The van der Waals surface area contributed by atoms with Gasteiger partial charge in [0, 0.05) is 25.0 Å². The van der Waals surface area contributed by atoms with Gasteiger partial charge in [-0.1, -0.05) is 18.2 Å². The molecule has 1 fully saturated rings. The lowest BCUT2D eigenvalue weighted by molar-refractivity contribution is 0.558. The summed E-state index contributed by atoms with van der Waals surface area (Å²) in [5.41, 5.74) is 2.96. The lowest BCUT2D eigenvalue weighted by atomic mass is 10.0. The molecule has 1 atom stereocenters. The number of oxazole rings is 1. The smallest absolute Gasteiger partial charge is 0.298 e. The zero-order chi connectivity index (χ0) is 14.1. The highest BCUT2D eigenvalue weighted by molar-refractivity contribution is 5.74. The van der Waals surface area contributed by atoms with Crippen molar-refractivity contribution in [3.05, 3.63) is 54.4 Å². The van der Waals surface area contributed by atoms with E-state index in [4.69, 9.17) is 4.42 Å². The second-order valence-electron chi connectivity index (χ2n) is 5.59. The van der Waals surface area contributed by atoms with E-state index >= 15 is 0 Å². The Hall–Kier alpha value is -2.36. The quantitative estimate of drug-likeness (QED) is 0.738. The molecule has 21 heavy (non-hydrogen) atoms. The second-order valence-corrected chi connectivity index (χ2v) is 5.59. The minimum absolute atomic E-state index is 0.620. The third kappa shape index (κ3) is 2.49. The molecule has 0 aliphatic carbocycles. The van der Waals surface area contributed by atoms with Crippen LogP contribution in [0.5, 0.6) is 0 Å². The highest BCUT2D eigenvalue weighted by atomic mass is 16.4. The van der Waals surface area contributed by atoms with Crippen LogP contribution in [0.1, 0.15) is 12.1 Å². The Morgan fingerprint density at radius 2 is 2.05 bits per heavy atom. The van der Waals surface area contributed by atoms with Crippen LogP contribution in [0.15, 0.2) is 53.1 Å². The summed E-state index contributed by atoms with van der Waals surface area (Å²) < 4.78 is 5.85. The Kier molecular flexibility index (Phi) is 3.07. The van der Waals surface area contributed by atoms with Gasteiger partial charge < -0.3 is 9.32 Å². The highest BCUT2D eigenvalue weighted by Gasteiger charge is 2.26. The van der Waals surface area contributed by atoms with Gasteiger partial charge in [-0.2, -0.15) is 4.98 Å². The molecule has 2 aromatic heterocycles. The Balaban J connectivity index is 1.48. The van der Waals surface area contributed by atoms with E-state index in [-0.39, 0.29) is 0 Å². The molecule has 3 heterocycles. The summed E-state index contributed by atoms with van der Waals surface area (Å²) >= 11 is 0. The van der Waals surface area contributed by atoms with Crippen LogP contribution in [0.4, 0.5) is 6.01 Å². The Morgan fingerprint density at radius 3 is 2.90 bits per heavy atom. The van der Waals surface area contributed by atoms with Gasteiger partial charge in [0.1, 0.15) is 5.52 Å². The normalized spacial score (nSPS) is 18.5. The van der Waals surface area contributed by atoms with Crippen LogP contribution in [0.3, 0.4) is 0 Å². The lowest BCUT2D eigenvalue weighted by Crippen LogP contribution is -2.20. The van der Waals surface area contributed by atoms with Crippen LogP contribution in [0.25, 0.3) is 11.1 Å². The van der Waals surface area contributed by atoms with Crippen LogP contribution >= 0.6 is 0 Å². The molecule has 0 amide bonds. The summed E-state index contributed by atoms with van der Waals surface area (Å²) in [6.45, 7) is 1.99. The molecule has 1 unspecified atom stereocenters. The maximum atomic E-state index is 5.85. The highest BCUT2D eigenvalue weighted by Crippen LogP contribution is 2.28. The standard InChI is InChI=1S/C17H17N3O/c1-2-7-16-15(6-1)19-17(21-16)20-10-8-13(12-20)11-14-5-3-4-9-18-14/h1-7,9,13H,8,10-12H2. The number of benzene rings is 1. The van der Waals surface area contributed by atoms with E-state index in [0.29, 0.717) is 5.92 Å². The van der Waals surface area contributed by atoms with Crippen molar-refractivity contribution < 1.29 is 4.42 Å². The van der Waals surface area contributed by atoms with E-state index in [1.54, 1.807) is 0 Å². The lowest BCUT2D eigenvalue weighted by Gasteiger charge is -2.13. The van der Waals surface area contributed by atoms with Gasteiger partial charge in [-0.15, -0.1) is 0 Å². The van der Waals surface area contributed by atoms with E-state index in [9.17, 15) is 0 Å². The van der Waals surface area contributed by atoms with Crippen molar-refractivity contribution in [1.82, 2.24) is 9.97 Å². The van der Waals surface area contributed by atoms with Crippen molar-refractivity contribution in [2.24, 2.45) is 5.92 Å². The monoisotopic (exact) mass is 279 g/mol. The predicted molar refractivity (Wildman–Crippen MR) is 82.3 cm³/mol. The summed E-state index contributed by atoms with van der Waals surface area (Å²) in [6, 6.07) is 14.8. The number of aromatic nitrogens is 2. The van der Waals surface area contributed by atoms with Crippen molar-refractivity contribution in [2.75, 3.05) is 18.0 Å². The maximum Gasteiger partial charge on any atom is 0.298 e. The van der Waals surface area contributed by atoms with Gasteiger partial charge in [0.15, 0.2) is 5.58 Å². The summed E-state index contributed by atoms with van der Waals surface area (Å²) in [6.07, 6.45) is 4.05. The summed E-state index contributed by atoms with van der Waals surface area (Å²) in [5.74, 6) is 0.620. The summed E-state index contributed by atoms with van der Waals surface area (Å²) in [5, 5.41) is 0. The van der Waals surface area contributed by atoms with E-state index in [1.165, 1.54) is 5.69 Å². The fraction of sp³-hybridized carbons (Fsp3) is 0.294. The zero-order valence-corrected chi connectivity index (χ0v) is 11.8. The van der Waals surface area contributed by atoms with Crippen LogP contribution in [-0.2, 0) is 6.42 Å². The number of pyridine rings is 1. The molecule has 4 nitrogen and oxygen atoms in total. The summed E-state index contributed by atoms with van der Waals surface area (Å²) in [7, 11) is 0. The molecule has 1 aliphatic heterocycles. The van der Waals surface area contributed by atoms with Crippen molar-refractivity contribution in [3.8, 4) is 0 Å². The first-order valence-corrected chi connectivity index (χ1v) is 7.39. The van der Waals surface area contributed by atoms with Crippen molar-refractivity contribution in [3.63, 3.8) is 0 Å². The van der Waals surface area contributed by atoms with Crippen LogP contribution in [0, 0.1) is 5.92 Å². The molecule has 106 valence electrons. The van der Waals surface area contributed by atoms with Gasteiger partial charge in [-0.05, 0) is 43.0 Å². The Morgan fingerprint density at radius 1 is 1.14 bits per heavy atom. The molecule has 4 rings (SSSR count). The first-order valence-electron chi connectivity index (χ1n) is 7.39. The first kappa shape index (κ1) is 12.4. The SMILES string of the molecule is c1ccc(CC2CCN(c3nc4ccccc4o3)C2)nc1. The molecule has 0 saturated carbocycles. The molecule has 1 aliphatic rings. The molecule has 0 N–H and O–H groups in total. The predicted octanol–water partition coefficient (Wildman–Crippen LogP) is 3.29. The Labute approximate surface area is 123 Å². The fourth-order valence-electron chi connectivity index (χ4n) is 2.98. The average molecular weight is 279 g/mol. The first-order chi connectivity index (χ1) is 10.4. The van der Waals surface area contributed by atoms with E-state index in [0.717, 1.165) is 43.0 Å². The number of fused-ring (bicyclic) bond motifs is 1. The van der Waals surface area contributed by atoms with E-state index in [2.05, 4.69) is 27.0 Å². The van der Waals surface area contributed by atoms with Crippen LogP contribution < -0.4 is 4.90 Å². The average Bonchev–Trinajstić information content (AvgIpc) is 3.14. The minimum Gasteiger partial charge on any atom is -0.423 e. The Bertz CT molecular complexity index is 705. The van der Waals surface area contributed by atoms with Crippen molar-refractivity contribution >= 4 is 17.1 Å². The van der Waals surface area contributed by atoms with Gasteiger partial charge in [0.2, 0.25) is 0 Å². The van der Waals surface area contributed by atoms with Gasteiger partial charge in [0.05, 0.1) is 0 Å². The van der Waals surface area contributed by atoms with E-state index in [1.807, 2.05) is 36.5 Å². The second kappa shape index (κ2) is 5.20. The molecule has 0 bridgehead atoms. The number of hydrogen-bond donors (Lipinski definition) is 0. The van der Waals surface area contributed by atoms with Gasteiger partial charge in [-0.25, -0.2) is 0 Å². The number of anilines is 1. The molecular formula is C17H17N3O. The van der Waals surface area contributed by atoms with Gasteiger partial charge in [-0.3, -0.25) is 4.98 Å². The van der Waals surface area contributed by atoms with Crippen LogP contribution in [0.2, 0.25) is 0 Å². The van der Waals surface area contributed by atoms with Gasteiger partial charge >= 0.3 is 0 Å². The molecule has 1 aromatic carbocycles. The van der Waals surface area contributed by atoms with Crippen molar-refractivity contribution in [2.45, 2.75) is 12.8 Å². The van der Waals surface area contributed by atoms with Gasteiger partial charge in [0.25, 0.3) is 6.01 Å². The molecule has 3 aromatic rings. The molecule has 4 heteroatoms. The topological polar surface area (TPSA) is 42.2 Å². The fourth-order valence-corrected chi connectivity index (χ4v) is 2.98. The molecule has 0 radical (unpaired) electrons. The molecule has 1 saturated heterocycles. The van der Waals surface area contributed by atoms with E-state index < -0.39 is 0 Å².